The average molecular weight is 641 g/mol. The SMILES string of the molecule is COc1ccccc1[C@H]1c2sc(=O)n(CC(=O)Nc3ccc(Cl)c(Cl)c3)c2SC2C(=O)N(c3ccc(C)cc3)C(=O)C21. The molecule has 1 N–H and O–H groups in total. The maximum Gasteiger partial charge on any atom is 0.308 e. The number of carbonyl (C=O) groups is 3. The van der Waals surface area contributed by atoms with E-state index in [1.807, 2.05) is 37.3 Å². The Morgan fingerprint density at radius 3 is 2.43 bits per heavy atom. The number of imide groups is 1. The molecule has 42 heavy (non-hydrogen) atoms. The third-order valence-electron chi connectivity index (χ3n) is 7.32. The first kappa shape index (κ1) is 28.5. The van der Waals surface area contributed by atoms with Crippen molar-refractivity contribution in [2.45, 2.75) is 29.7 Å². The number of ether oxygens (including phenoxy) is 1. The van der Waals surface area contributed by atoms with Gasteiger partial charge in [-0.15, -0.1) is 0 Å². The quantitative estimate of drug-likeness (QED) is 0.261. The second kappa shape index (κ2) is 11.3. The first-order valence-corrected chi connectivity index (χ1v) is 15.4. The van der Waals surface area contributed by atoms with Gasteiger partial charge in [-0.05, 0) is 43.3 Å². The molecule has 8 nitrogen and oxygen atoms in total. The van der Waals surface area contributed by atoms with E-state index >= 15 is 0 Å². The molecule has 6 rings (SSSR count). The highest BCUT2D eigenvalue weighted by Crippen LogP contribution is 2.55. The first-order valence-electron chi connectivity index (χ1n) is 12.9. The van der Waals surface area contributed by atoms with Gasteiger partial charge in [0.1, 0.15) is 17.5 Å². The number of rotatable bonds is 6. The number of fused-ring (bicyclic) bond motifs is 2. The number of nitrogens with one attached hydrogen (secondary N) is 1. The maximum atomic E-state index is 14.0. The number of benzene rings is 3. The number of amides is 3. The molecule has 1 aromatic heterocycles. The van der Waals surface area contributed by atoms with E-state index in [1.165, 1.54) is 22.6 Å². The minimum absolute atomic E-state index is 0.281. The molecule has 0 aliphatic carbocycles. The molecule has 3 aromatic carbocycles. The largest absolute Gasteiger partial charge is 0.496 e. The van der Waals surface area contributed by atoms with E-state index in [-0.39, 0.29) is 28.3 Å². The molecule has 0 saturated carbocycles. The highest BCUT2D eigenvalue weighted by Gasteiger charge is 2.57. The van der Waals surface area contributed by atoms with Gasteiger partial charge in [-0.3, -0.25) is 23.7 Å². The Bertz CT molecular complexity index is 1800. The molecule has 2 aliphatic rings. The minimum Gasteiger partial charge on any atom is -0.496 e. The number of thioether (sulfide) groups is 1. The van der Waals surface area contributed by atoms with Crippen LogP contribution in [0, 0.1) is 12.8 Å². The fourth-order valence-corrected chi connectivity index (χ4v) is 8.44. The summed E-state index contributed by atoms with van der Waals surface area (Å²) in [7, 11) is 1.54. The van der Waals surface area contributed by atoms with Gasteiger partial charge in [-0.2, -0.15) is 0 Å². The summed E-state index contributed by atoms with van der Waals surface area (Å²) < 4.78 is 7.02. The number of nitrogens with zero attached hydrogens (tertiary/aromatic N) is 2. The summed E-state index contributed by atoms with van der Waals surface area (Å²) in [6.45, 7) is 1.64. The van der Waals surface area contributed by atoms with E-state index in [0.717, 1.165) is 28.7 Å². The predicted molar refractivity (Wildman–Crippen MR) is 165 cm³/mol. The zero-order chi connectivity index (χ0) is 29.7. The number of para-hydroxylation sites is 1. The van der Waals surface area contributed by atoms with E-state index in [2.05, 4.69) is 5.32 Å². The third kappa shape index (κ3) is 4.92. The molecular formula is C30H23Cl2N3O5S2. The van der Waals surface area contributed by atoms with E-state index < -0.39 is 23.0 Å². The maximum absolute atomic E-state index is 14.0. The van der Waals surface area contributed by atoms with Crippen molar-refractivity contribution in [2.24, 2.45) is 5.92 Å². The van der Waals surface area contributed by atoms with Crippen LogP contribution in [0.25, 0.3) is 0 Å². The van der Waals surface area contributed by atoms with E-state index in [4.69, 9.17) is 27.9 Å². The second-order valence-electron chi connectivity index (χ2n) is 9.93. The number of hydrogen-bond acceptors (Lipinski definition) is 7. The monoisotopic (exact) mass is 639 g/mol. The zero-order valence-corrected chi connectivity index (χ0v) is 25.4. The predicted octanol–water partition coefficient (Wildman–Crippen LogP) is 5.97. The number of methoxy groups -OCH3 is 1. The number of aryl methyl sites for hydroxylation is 1. The normalized spacial score (nSPS) is 19.4. The average Bonchev–Trinajstić information content (AvgIpc) is 3.41. The molecule has 12 heteroatoms. The highest BCUT2D eigenvalue weighted by molar-refractivity contribution is 8.00. The van der Waals surface area contributed by atoms with Gasteiger partial charge in [0.2, 0.25) is 17.7 Å². The summed E-state index contributed by atoms with van der Waals surface area (Å²) in [5.41, 5.74) is 2.61. The van der Waals surface area contributed by atoms with Gasteiger partial charge in [0.25, 0.3) is 0 Å². The summed E-state index contributed by atoms with van der Waals surface area (Å²) in [6, 6.07) is 19.2. The Balaban J connectivity index is 1.42. The van der Waals surface area contributed by atoms with Crippen LogP contribution in [-0.4, -0.2) is 34.6 Å². The van der Waals surface area contributed by atoms with Crippen LogP contribution < -0.4 is 19.8 Å². The van der Waals surface area contributed by atoms with Crippen LogP contribution in [-0.2, 0) is 20.9 Å². The van der Waals surface area contributed by atoms with Gasteiger partial charge in [0.05, 0.1) is 33.8 Å². The van der Waals surface area contributed by atoms with Crippen molar-refractivity contribution in [3.8, 4) is 5.75 Å². The number of anilines is 2. The molecular weight excluding hydrogens is 617 g/mol. The van der Waals surface area contributed by atoms with E-state index in [0.29, 0.717) is 37.6 Å². The van der Waals surface area contributed by atoms with Crippen molar-refractivity contribution in [3.05, 3.63) is 102 Å². The number of thiazole rings is 1. The Morgan fingerprint density at radius 1 is 0.976 bits per heavy atom. The highest BCUT2D eigenvalue weighted by atomic mass is 35.5. The van der Waals surface area contributed by atoms with Crippen molar-refractivity contribution >= 4 is 75.4 Å². The summed E-state index contributed by atoms with van der Waals surface area (Å²) in [5, 5.41) is 3.05. The van der Waals surface area contributed by atoms with Crippen LogP contribution >= 0.6 is 46.3 Å². The Hall–Kier alpha value is -3.57. The molecule has 1 fully saturated rings. The fraction of sp³-hybridized carbons (Fsp3) is 0.200. The first-order chi connectivity index (χ1) is 20.2. The van der Waals surface area contributed by atoms with Gasteiger partial charge < -0.3 is 10.1 Å². The van der Waals surface area contributed by atoms with Crippen LogP contribution in [0.5, 0.6) is 5.75 Å². The van der Waals surface area contributed by atoms with Gasteiger partial charge in [0.15, 0.2) is 0 Å². The van der Waals surface area contributed by atoms with Crippen molar-refractivity contribution in [1.82, 2.24) is 4.57 Å². The lowest BCUT2D eigenvalue weighted by molar-refractivity contribution is -0.122. The molecule has 1 saturated heterocycles. The summed E-state index contributed by atoms with van der Waals surface area (Å²) >= 11 is 14.2. The molecule has 3 amide bonds. The number of halogens is 2. The van der Waals surface area contributed by atoms with E-state index in [9.17, 15) is 19.2 Å². The van der Waals surface area contributed by atoms with Crippen molar-refractivity contribution < 1.29 is 19.1 Å². The smallest absolute Gasteiger partial charge is 0.308 e. The van der Waals surface area contributed by atoms with Gasteiger partial charge in [0, 0.05) is 22.0 Å². The molecule has 3 heterocycles. The van der Waals surface area contributed by atoms with Crippen LogP contribution in [0.3, 0.4) is 0 Å². The lowest BCUT2D eigenvalue weighted by atomic mass is 9.82. The number of aromatic nitrogens is 1. The summed E-state index contributed by atoms with van der Waals surface area (Å²) in [6.07, 6.45) is 0. The standard InChI is InChI=1S/C30H23Cl2N3O5S2/c1-15-7-10-17(11-8-15)35-27(37)24-23(18-5-3-4-6-21(18)40-2)26-29(41-25(24)28(35)38)34(30(39)42-26)14-22(36)33-16-9-12-19(31)20(32)13-16/h3-13,23-25H,14H2,1-2H3,(H,33,36)/t23-,24?,25?/m1/s1. The number of carbonyl (C=O) groups excluding carboxylic acids is 3. The zero-order valence-electron chi connectivity index (χ0n) is 22.3. The van der Waals surface area contributed by atoms with Gasteiger partial charge >= 0.3 is 4.87 Å². The van der Waals surface area contributed by atoms with Crippen LogP contribution in [0.2, 0.25) is 10.0 Å². The van der Waals surface area contributed by atoms with Crippen molar-refractivity contribution in [1.29, 1.82) is 0 Å². The summed E-state index contributed by atoms with van der Waals surface area (Å²) in [4.78, 5) is 55.8. The third-order valence-corrected chi connectivity index (χ3v) is 10.7. The molecule has 214 valence electrons. The van der Waals surface area contributed by atoms with Crippen LogP contribution in [0.1, 0.15) is 21.9 Å². The van der Waals surface area contributed by atoms with Gasteiger partial charge in [-0.1, -0.05) is 82.2 Å². The van der Waals surface area contributed by atoms with Crippen molar-refractivity contribution in [2.75, 3.05) is 17.3 Å². The minimum atomic E-state index is -0.806. The molecule has 0 spiro atoms. The fourth-order valence-electron chi connectivity index (χ4n) is 5.38. The van der Waals surface area contributed by atoms with E-state index in [1.54, 1.807) is 30.3 Å². The lowest BCUT2D eigenvalue weighted by Crippen LogP contribution is -2.33. The van der Waals surface area contributed by atoms with Crippen molar-refractivity contribution in [3.63, 3.8) is 0 Å². The molecule has 0 radical (unpaired) electrons. The molecule has 2 unspecified atom stereocenters. The number of hydrogen-bond donors (Lipinski definition) is 1. The molecule has 2 aliphatic heterocycles. The topological polar surface area (TPSA) is 97.7 Å². The Labute approximate surface area is 259 Å². The molecule has 4 aromatic rings. The Morgan fingerprint density at radius 2 is 1.71 bits per heavy atom. The molecule has 3 atom stereocenters. The molecule has 0 bridgehead atoms. The van der Waals surface area contributed by atoms with Crippen LogP contribution in [0.4, 0.5) is 11.4 Å². The summed E-state index contributed by atoms with van der Waals surface area (Å²) in [5.74, 6) is -2.03. The van der Waals surface area contributed by atoms with Gasteiger partial charge in [-0.25, -0.2) is 4.90 Å². The Kier molecular flexibility index (Phi) is 7.65. The lowest BCUT2D eigenvalue weighted by Gasteiger charge is -2.31. The second-order valence-corrected chi connectivity index (χ2v) is 12.9. The van der Waals surface area contributed by atoms with Crippen LogP contribution in [0.15, 0.2) is 76.6 Å².